The molecule has 0 spiro atoms. The average molecular weight is 318 g/mol. The Kier molecular flexibility index (Phi) is 3.73. The van der Waals surface area contributed by atoms with Gasteiger partial charge < -0.3 is 9.47 Å². The SMILES string of the molecule is COc1cc(OC)cc(-c2cc3cnc(Cl)cc3c[n+]2O)c1. The van der Waals surface area contributed by atoms with E-state index in [-0.39, 0.29) is 0 Å². The normalized spacial score (nSPS) is 10.7. The van der Waals surface area contributed by atoms with Gasteiger partial charge in [0, 0.05) is 28.4 Å². The second-order valence-corrected chi connectivity index (χ2v) is 5.13. The third kappa shape index (κ3) is 2.63. The van der Waals surface area contributed by atoms with Crippen LogP contribution >= 0.6 is 11.6 Å². The number of hydrogen-bond donors (Lipinski definition) is 1. The molecule has 0 saturated heterocycles. The number of benzene rings is 1. The summed E-state index contributed by atoms with van der Waals surface area (Å²) >= 11 is 5.87. The van der Waals surface area contributed by atoms with Gasteiger partial charge in [0.25, 0.3) is 5.69 Å². The Morgan fingerprint density at radius 1 is 1.00 bits per heavy atom. The van der Waals surface area contributed by atoms with Crippen molar-refractivity contribution in [3.8, 4) is 22.8 Å². The summed E-state index contributed by atoms with van der Waals surface area (Å²) < 4.78 is 11.6. The van der Waals surface area contributed by atoms with Gasteiger partial charge in [-0.15, -0.1) is 0 Å². The fourth-order valence-corrected chi connectivity index (χ4v) is 2.44. The predicted molar refractivity (Wildman–Crippen MR) is 82.7 cm³/mol. The summed E-state index contributed by atoms with van der Waals surface area (Å²) in [5.74, 6) is 1.28. The molecule has 1 N–H and O–H groups in total. The smallest absolute Gasteiger partial charge is 0.265 e. The predicted octanol–water partition coefficient (Wildman–Crippen LogP) is 3.10. The van der Waals surface area contributed by atoms with E-state index >= 15 is 0 Å². The monoisotopic (exact) mass is 317 g/mol. The van der Waals surface area contributed by atoms with E-state index in [4.69, 9.17) is 21.1 Å². The lowest BCUT2D eigenvalue weighted by atomic mass is 10.1. The molecule has 5 nitrogen and oxygen atoms in total. The summed E-state index contributed by atoms with van der Waals surface area (Å²) in [6.07, 6.45) is 3.25. The molecule has 0 aliphatic rings. The highest BCUT2D eigenvalue weighted by atomic mass is 35.5. The molecule has 3 rings (SSSR count). The highest BCUT2D eigenvalue weighted by Crippen LogP contribution is 2.29. The van der Waals surface area contributed by atoms with Crippen LogP contribution in [-0.4, -0.2) is 24.4 Å². The standard InChI is InChI=1S/C16H14ClN2O3/c1-21-13-3-10(4-14(7-13)22-2)15-5-11-8-18-16(17)6-12(11)9-19(15)20/h3-9,20H,1-2H3/q+1. The van der Waals surface area contributed by atoms with E-state index in [9.17, 15) is 5.21 Å². The van der Waals surface area contributed by atoms with Crippen LogP contribution in [0, 0.1) is 0 Å². The first-order valence-electron chi connectivity index (χ1n) is 6.54. The number of ether oxygens (including phenoxy) is 2. The molecule has 1 aromatic carbocycles. The maximum atomic E-state index is 10.3. The molecule has 0 bridgehead atoms. The molecule has 2 aromatic heterocycles. The first kappa shape index (κ1) is 14.4. The van der Waals surface area contributed by atoms with Crippen molar-refractivity contribution in [2.75, 3.05) is 14.2 Å². The number of pyridine rings is 2. The number of hydrogen-bond acceptors (Lipinski definition) is 4. The number of rotatable bonds is 3. The number of methoxy groups -OCH3 is 2. The van der Waals surface area contributed by atoms with E-state index in [0.717, 1.165) is 21.1 Å². The van der Waals surface area contributed by atoms with Crippen molar-refractivity contribution in [2.24, 2.45) is 0 Å². The summed E-state index contributed by atoms with van der Waals surface area (Å²) in [4.78, 5) is 4.06. The molecule has 0 radical (unpaired) electrons. The molecule has 2 heterocycles. The Morgan fingerprint density at radius 2 is 1.68 bits per heavy atom. The first-order valence-corrected chi connectivity index (χ1v) is 6.92. The van der Waals surface area contributed by atoms with Crippen molar-refractivity contribution in [3.63, 3.8) is 0 Å². The number of aromatic nitrogens is 2. The van der Waals surface area contributed by atoms with Crippen LogP contribution in [0.25, 0.3) is 22.0 Å². The van der Waals surface area contributed by atoms with Gasteiger partial charge in [0.1, 0.15) is 16.7 Å². The Bertz CT molecular complexity index is 830. The fourth-order valence-electron chi connectivity index (χ4n) is 2.27. The zero-order valence-corrected chi connectivity index (χ0v) is 12.8. The van der Waals surface area contributed by atoms with E-state index in [1.54, 1.807) is 38.7 Å². The molecule has 6 heteroatoms. The minimum Gasteiger partial charge on any atom is -0.497 e. The molecule has 0 atom stereocenters. The zero-order valence-electron chi connectivity index (χ0n) is 12.1. The lowest BCUT2D eigenvalue weighted by molar-refractivity contribution is -0.895. The quantitative estimate of drug-likeness (QED) is 0.458. The second kappa shape index (κ2) is 5.69. The summed E-state index contributed by atoms with van der Waals surface area (Å²) in [6, 6.07) is 8.93. The highest BCUT2D eigenvalue weighted by Gasteiger charge is 2.17. The van der Waals surface area contributed by atoms with Crippen LogP contribution in [-0.2, 0) is 0 Å². The molecule has 112 valence electrons. The van der Waals surface area contributed by atoms with Crippen LogP contribution in [0.3, 0.4) is 0 Å². The van der Waals surface area contributed by atoms with Crippen LogP contribution in [0.15, 0.2) is 42.7 Å². The second-order valence-electron chi connectivity index (χ2n) is 4.74. The van der Waals surface area contributed by atoms with Gasteiger partial charge in [-0.2, -0.15) is 0 Å². The largest absolute Gasteiger partial charge is 0.497 e. The topological polar surface area (TPSA) is 55.5 Å². The summed E-state index contributed by atoms with van der Waals surface area (Å²) in [7, 11) is 3.16. The van der Waals surface area contributed by atoms with Gasteiger partial charge in [-0.25, -0.2) is 4.98 Å². The highest BCUT2D eigenvalue weighted by molar-refractivity contribution is 6.30. The van der Waals surface area contributed by atoms with Crippen LogP contribution in [0.1, 0.15) is 0 Å². The third-order valence-electron chi connectivity index (χ3n) is 3.38. The Labute approximate surface area is 132 Å². The molecule has 0 aliphatic carbocycles. The van der Waals surface area contributed by atoms with Crippen molar-refractivity contribution < 1.29 is 19.4 Å². The van der Waals surface area contributed by atoms with Crippen molar-refractivity contribution in [1.29, 1.82) is 0 Å². The lowest BCUT2D eigenvalue weighted by Crippen LogP contribution is -2.32. The maximum Gasteiger partial charge on any atom is 0.265 e. The number of halogens is 1. The third-order valence-corrected chi connectivity index (χ3v) is 3.59. The van der Waals surface area contributed by atoms with Gasteiger partial charge in [0.2, 0.25) is 6.20 Å². The molecule has 0 aliphatic heterocycles. The molecular weight excluding hydrogens is 304 g/mol. The van der Waals surface area contributed by atoms with Crippen molar-refractivity contribution in [2.45, 2.75) is 0 Å². The molecule has 3 aromatic rings. The fraction of sp³-hybridized carbons (Fsp3) is 0.125. The van der Waals surface area contributed by atoms with Gasteiger partial charge in [0.05, 0.1) is 25.2 Å². The summed E-state index contributed by atoms with van der Waals surface area (Å²) in [5, 5.41) is 12.3. The van der Waals surface area contributed by atoms with Crippen LogP contribution in [0.4, 0.5) is 0 Å². The van der Waals surface area contributed by atoms with Gasteiger partial charge >= 0.3 is 0 Å². The Hall–Kier alpha value is -2.53. The van der Waals surface area contributed by atoms with Crippen molar-refractivity contribution >= 4 is 22.4 Å². The van der Waals surface area contributed by atoms with Gasteiger partial charge in [-0.3, -0.25) is 5.21 Å². The van der Waals surface area contributed by atoms with Gasteiger partial charge in [-0.1, -0.05) is 11.6 Å². The van der Waals surface area contributed by atoms with Crippen LogP contribution < -0.4 is 14.2 Å². The summed E-state index contributed by atoms with van der Waals surface area (Å²) in [6.45, 7) is 0. The zero-order chi connectivity index (χ0) is 15.7. The van der Waals surface area contributed by atoms with E-state index in [1.165, 1.54) is 0 Å². The molecule has 0 unspecified atom stereocenters. The van der Waals surface area contributed by atoms with Crippen LogP contribution in [0.5, 0.6) is 11.5 Å². The molecule has 0 saturated carbocycles. The van der Waals surface area contributed by atoms with Gasteiger partial charge in [-0.05, 0) is 18.2 Å². The van der Waals surface area contributed by atoms with Gasteiger partial charge in [0.15, 0.2) is 0 Å². The number of nitrogens with zero attached hydrogens (tertiary/aromatic N) is 2. The minimum atomic E-state index is 0.378. The first-order chi connectivity index (χ1) is 10.6. The Balaban J connectivity index is 2.21. The van der Waals surface area contributed by atoms with E-state index in [1.807, 2.05) is 18.2 Å². The van der Waals surface area contributed by atoms with Crippen molar-refractivity contribution in [3.05, 3.63) is 47.9 Å². The van der Waals surface area contributed by atoms with Crippen molar-refractivity contribution in [1.82, 2.24) is 4.98 Å². The van der Waals surface area contributed by atoms with E-state index in [2.05, 4.69) is 4.98 Å². The van der Waals surface area contributed by atoms with E-state index in [0.29, 0.717) is 22.3 Å². The number of fused-ring (bicyclic) bond motifs is 1. The van der Waals surface area contributed by atoms with Crippen LogP contribution in [0.2, 0.25) is 5.15 Å². The summed E-state index contributed by atoms with van der Waals surface area (Å²) in [5.41, 5.74) is 1.35. The Morgan fingerprint density at radius 3 is 2.32 bits per heavy atom. The minimum absolute atomic E-state index is 0.378. The molecule has 0 amide bonds. The molecule has 0 fully saturated rings. The van der Waals surface area contributed by atoms with E-state index < -0.39 is 0 Å². The average Bonchev–Trinajstić information content (AvgIpc) is 2.53. The lowest BCUT2D eigenvalue weighted by Gasteiger charge is -2.07. The molecular formula is C16H14ClN2O3+. The molecule has 22 heavy (non-hydrogen) atoms. The maximum absolute atomic E-state index is 10.3.